The van der Waals surface area contributed by atoms with Crippen LogP contribution >= 0.6 is 11.9 Å². The maximum absolute atomic E-state index is 5.58. The molecule has 1 saturated heterocycles. The van der Waals surface area contributed by atoms with E-state index in [0.717, 1.165) is 42.0 Å². The minimum absolute atomic E-state index is 0.612. The van der Waals surface area contributed by atoms with Gasteiger partial charge in [-0.05, 0) is 31.0 Å². The summed E-state index contributed by atoms with van der Waals surface area (Å²) in [5, 5.41) is 4.34. The van der Waals surface area contributed by atoms with Crippen molar-refractivity contribution in [3.05, 3.63) is 24.5 Å². The number of ether oxygens (including phenoxy) is 1. The molecule has 1 aromatic carbocycles. The first-order valence-electron chi connectivity index (χ1n) is 6.88. The molecule has 1 N–H and O–H groups in total. The van der Waals surface area contributed by atoms with E-state index in [4.69, 9.17) is 4.74 Å². The van der Waals surface area contributed by atoms with E-state index in [-0.39, 0.29) is 0 Å². The number of aromatic nitrogens is 2. The van der Waals surface area contributed by atoms with Crippen molar-refractivity contribution in [1.29, 1.82) is 0 Å². The summed E-state index contributed by atoms with van der Waals surface area (Å²) in [4.78, 5) is 9.81. The van der Waals surface area contributed by atoms with Gasteiger partial charge in [0.1, 0.15) is 6.33 Å². The Bertz CT molecular complexity index is 586. The zero-order chi connectivity index (χ0) is 13.8. The summed E-state index contributed by atoms with van der Waals surface area (Å²) in [5.74, 6) is 0.667. The van der Waals surface area contributed by atoms with Gasteiger partial charge in [0, 0.05) is 31.1 Å². The van der Waals surface area contributed by atoms with Gasteiger partial charge >= 0.3 is 0 Å². The molecule has 1 aromatic heterocycles. The number of nitrogens with zero attached hydrogens (tertiary/aromatic N) is 3. The van der Waals surface area contributed by atoms with Gasteiger partial charge in [0.05, 0.1) is 17.5 Å². The van der Waals surface area contributed by atoms with Crippen molar-refractivity contribution in [2.24, 2.45) is 0 Å². The average molecular weight is 290 g/mol. The predicted octanol–water partition coefficient (Wildman–Crippen LogP) is 1.94. The number of nitrogens with one attached hydrogen (secondary N) is 1. The third kappa shape index (κ3) is 2.87. The van der Waals surface area contributed by atoms with Gasteiger partial charge in [-0.25, -0.2) is 14.3 Å². The molecule has 106 valence electrons. The third-order valence-electron chi connectivity index (χ3n) is 3.18. The van der Waals surface area contributed by atoms with Gasteiger partial charge in [-0.2, -0.15) is 0 Å². The van der Waals surface area contributed by atoms with Crippen LogP contribution in [0.3, 0.4) is 0 Å². The molecule has 0 aliphatic carbocycles. The first kappa shape index (κ1) is 13.6. The van der Waals surface area contributed by atoms with E-state index in [1.54, 1.807) is 18.3 Å². The molecule has 0 unspecified atom stereocenters. The summed E-state index contributed by atoms with van der Waals surface area (Å²) < 4.78 is 7.95. The minimum atomic E-state index is 0.612. The van der Waals surface area contributed by atoms with Gasteiger partial charge in [-0.3, -0.25) is 0 Å². The zero-order valence-electron chi connectivity index (χ0n) is 11.5. The molecule has 1 aliphatic heterocycles. The number of benzene rings is 1. The van der Waals surface area contributed by atoms with Crippen molar-refractivity contribution >= 4 is 22.9 Å². The Kier molecular flexibility index (Phi) is 4.34. The quantitative estimate of drug-likeness (QED) is 0.869. The smallest absolute Gasteiger partial charge is 0.224 e. The van der Waals surface area contributed by atoms with Crippen molar-refractivity contribution < 1.29 is 4.74 Å². The lowest BCUT2D eigenvalue weighted by atomic mass is 10.2. The molecule has 0 bridgehead atoms. The van der Waals surface area contributed by atoms with Gasteiger partial charge in [0.2, 0.25) is 5.88 Å². The number of fused-ring (bicyclic) bond motifs is 1. The van der Waals surface area contributed by atoms with Crippen LogP contribution in [0, 0.1) is 0 Å². The third-order valence-corrected chi connectivity index (χ3v) is 4.33. The highest BCUT2D eigenvalue weighted by Crippen LogP contribution is 2.32. The monoisotopic (exact) mass is 290 g/mol. The Morgan fingerprint density at radius 1 is 1.30 bits per heavy atom. The van der Waals surface area contributed by atoms with Crippen molar-refractivity contribution in [1.82, 2.24) is 19.6 Å². The Balaban J connectivity index is 1.92. The fourth-order valence-corrected chi connectivity index (χ4v) is 3.27. The van der Waals surface area contributed by atoms with Crippen molar-refractivity contribution in [2.45, 2.75) is 11.8 Å². The molecule has 1 fully saturated rings. The van der Waals surface area contributed by atoms with E-state index in [9.17, 15) is 0 Å². The van der Waals surface area contributed by atoms with Crippen LogP contribution in [0.25, 0.3) is 10.9 Å². The topological polar surface area (TPSA) is 50.3 Å². The van der Waals surface area contributed by atoms with E-state index in [1.807, 2.05) is 19.1 Å². The molecule has 20 heavy (non-hydrogen) atoms. The van der Waals surface area contributed by atoms with Gasteiger partial charge in [0.15, 0.2) is 0 Å². The summed E-state index contributed by atoms with van der Waals surface area (Å²) in [6.45, 7) is 6.75. The normalized spacial score (nSPS) is 16.4. The lowest BCUT2D eigenvalue weighted by Crippen LogP contribution is -2.39. The highest BCUT2D eigenvalue weighted by molar-refractivity contribution is 7.97. The molecule has 0 spiro atoms. The number of piperazine rings is 1. The molecular formula is C14H18N4OS. The fourth-order valence-electron chi connectivity index (χ4n) is 2.24. The molecule has 0 amide bonds. The van der Waals surface area contributed by atoms with E-state index < -0.39 is 0 Å². The van der Waals surface area contributed by atoms with Crippen LogP contribution in [-0.4, -0.2) is 47.1 Å². The number of hydrogen-bond acceptors (Lipinski definition) is 6. The second-order valence-corrected chi connectivity index (χ2v) is 5.67. The van der Waals surface area contributed by atoms with E-state index in [1.165, 1.54) is 0 Å². The lowest BCUT2D eigenvalue weighted by molar-refractivity contribution is 0.331. The second-order valence-electron chi connectivity index (χ2n) is 4.53. The summed E-state index contributed by atoms with van der Waals surface area (Å²) in [6.07, 6.45) is 1.58. The van der Waals surface area contributed by atoms with Crippen molar-refractivity contribution in [3.8, 4) is 5.88 Å². The van der Waals surface area contributed by atoms with Gasteiger partial charge < -0.3 is 10.1 Å². The molecule has 2 aromatic rings. The number of para-hydroxylation sites is 1. The number of rotatable bonds is 4. The lowest BCUT2D eigenvalue weighted by Gasteiger charge is -2.26. The van der Waals surface area contributed by atoms with Crippen LogP contribution in [0.1, 0.15) is 6.92 Å². The van der Waals surface area contributed by atoms with Gasteiger partial charge in [-0.1, -0.05) is 6.07 Å². The summed E-state index contributed by atoms with van der Waals surface area (Å²) in [6, 6.07) is 6.17. The van der Waals surface area contributed by atoms with Crippen molar-refractivity contribution in [3.63, 3.8) is 0 Å². The molecule has 0 atom stereocenters. The zero-order valence-corrected chi connectivity index (χ0v) is 12.3. The maximum Gasteiger partial charge on any atom is 0.224 e. The Morgan fingerprint density at radius 2 is 2.15 bits per heavy atom. The van der Waals surface area contributed by atoms with Crippen molar-refractivity contribution in [2.75, 3.05) is 32.8 Å². The Morgan fingerprint density at radius 3 is 2.95 bits per heavy atom. The standard InChI is InChI=1S/C14H18N4OS/c1-2-19-14-11-4-3-5-12(13(11)16-10-17-14)20-18-8-6-15-7-9-18/h3-5,10,15H,2,6-9H2,1H3. The van der Waals surface area contributed by atoms with E-state index in [2.05, 4.69) is 25.7 Å². The average Bonchev–Trinajstić information content (AvgIpc) is 2.50. The Labute approximate surface area is 122 Å². The van der Waals surface area contributed by atoms with Crippen LogP contribution in [0.15, 0.2) is 29.4 Å². The van der Waals surface area contributed by atoms with E-state index >= 15 is 0 Å². The maximum atomic E-state index is 5.58. The SMILES string of the molecule is CCOc1ncnc2c(SN3CCNCC3)cccc12. The predicted molar refractivity (Wildman–Crippen MR) is 81.0 cm³/mol. The molecule has 0 saturated carbocycles. The van der Waals surface area contributed by atoms with Crippen LogP contribution in [0.2, 0.25) is 0 Å². The van der Waals surface area contributed by atoms with Gasteiger partial charge in [0.25, 0.3) is 0 Å². The molecule has 6 heteroatoms. The van der Waals surface area contributed by atoms with Gasteiger partial charge in [-0.15, -0.1) is 0 Å². The van der Waals surface area contributed by atoms with E-state index in [0.29, 0.717) is 12.5 Å². The molecule has 5 nitrogen and oxygen atoms in total. The molecule has 0 radical (unpaired) electrons. The molecule has 1 aliphatic rings. The first-order valence-corrected chi connectivity index (χ1v) is 7.66. The molecule has 2 heterocycles. The minimum Gasteiger partial charge on any atom is -0.477 e. The summed E-state index contributed by atoms with van der Waals surface area (Å²) in [5.41, 5.74) is 0.967. The van der Waals surface area contributed by atoms with Crippen LogP contribution in [0.5, 0.6) is 5.88 Å². The second kappa shape index (κ2) is 6.39. The summed E-state index contributed by atoms with van der Waals surface area (Å²) in [7, 11) is 0. The van der Waals surface area contributed by atoms with Crippen LogP contribution < -0.4 is 10.1 Å². The molecule has 3 rings (SSSR count). The highest BCUT2D eigenvalue weighted by Gasteiger charge is 2.14. The van der Waals surface area contributed by atoms with Crippen LogP contribution in [-0.2, 0) is 0 Å². The Hall–Kier alpha value is -1.37. The fraction of sp³-hybridized carbons (Fsp3) is 0.429. The number of hydrogen-bond donors (Lipinski definition) is 1. The first-order chi connectivity index (χ1) is 9.88. The highest BCUT2D eigenvalue weighted by atomic mass is 32.2. The molecular weight excluding hydrogens is 272 g/mol. The summed E-state index contributed by atoms with van der Waals surface area (Å²) >= 11 is 1.77. The largest absolute Gasteiger partial charge is 0.477 e. The van der Waals surface area contributed by atoms with Crippen LogP contribution in [0.4, 0.5) is 0 Å².